The fraction of sp³-hybridized carbons (Fsp3) is 0. The molecule has 0 N–H and O–H groups in total. The molecule has 0 unspecified atom stereocenters. The van der Waals surface area contributed by atoms with Gasteiger partial charge in [0.2, 0.25) is 0 Å². The van der Waals surface area contributed by atoms with Crippen molar-refractivity contribution < 1.29 is 67.9 Å². The van der Waals surface area contributed by atoms with E-state index in [1.165, 1.54) is 0 Å². The molecular formula is MnO6V2. The van der Waals surface area contributed by atoms with Crippen molar-refractivity contribution in [3.63, 3.8) is 0 Å². The Morgan fingerprint density at radius 3 is 1.11 bits per heavy atom. The monoisotopic (exact) mass is 253 g/mol. The van der Waals surface area contributed by atoms with Gasteiger partial charge in [-0.25, -0.2) is 0 Å². The van der Waals surface area contributed by atoms with Crippen molar-refractivity contribution >= 4 is 0 Å². The summed E-state index contributed by atoms with van der Waals surface area (Å²) >= 11 is -6.00. The molecule has 0 aliphatic heterocycles. The molecule has 0 radical (unpaired) electrons. The van der Waals surface area contributed by atoms with Crippen molar-refractivity contribution in [2.24, 2.45) is 0 Å². The topological polar surface area (TPSA) is 94.6 Å². The Balaban J connectivity index is 0. The Labute approximate surface area is 67.7 Å². The molecule has 53 valence electrons. The minimum absolute atomic E-state index is 1.69. The van der Waals surface area contributed by atoms with Gasteiger partial charge in [-0.15, -0.1) is 0 Å². The third kappa shape index (κ3) is 17.7. The van der Waals surface area contributed by atoms with E-state index in [0.717, 1.165) is 0 Å². The van der Waals surface area contributed by atoms with Crippen LogP contribution in [0.5, 0.6) is 0 Å². The van der Waals surface area contributed by atoms with Crippen molar-refractivity contribution in [2.45, 2.75) is 0 Å². The molecule has 6 nitrogen and oxygen atoms in total. The van der Waals surface area contributed by atoms with Crippen molar-refractivity contribution in [3.8, 4) is 0 Å². The van der Waals surface area contributed by atoms with Gasteiger partial charge in [-0.1, -0.05) is 0 Å². The molecule has 0 spiro atoms. The second-order valence-corrected chi connectivity index (χ2v) is 3.23. The summed E-state index contributed by atoms with van der Waals surface area (Å²) in [5.41, 5.74) is 0. The normalized spacial score (nSPS) is 6.67. The van der Waals surface area contributed by atoms with Crippen LogP contribution in [-0.4, -0.2) is 0 Å². The fourth-order valence-corrected chi connectivity index (χ4v) is 0.925. The Kier molecular flexibility index (Phi) is 11.9. The molecule has 0 aromatic heterocycles. The molecule has 0 heterocycles. The van der Waals surface area contributed by atoms with Crippen molar-refractivity contribution in [1.29, 1.82) is 0 Å². The van der Waals surface area contributed by atoms with E-state index < -0.39 is 30.8 Å². The van der Waals surface area contributed by atoms with E-state index in [1.54, 1.807) is 15.9 Å². The van der Waals surface area contributed by atoms with E-state index in [2.05, 4.69) is 2.59 Å². The summed E-state index contributed by atoms with van der Waals surface area (Å²) in [5, 5.41) is 0. The van der Waals surface area contributed by atoms with Crippen LogP contribution < -0.4 is 0 Å². The summed E-state index contributed by atoms with van der Waals surface area (Å²) in [6.07, 6.45) is 0. The van der Waals surface area contributed by atoms with Crippen LogP contribution in [0.4, 0.5) is 0 Å². The second-order valence-electron chi connectivity index (χ2n) is 0.529. The van der Waals surface area contributed by atoms with Gasteiger partial charge in [0, 0.05) is 0 Å². The molecule has 0 rings (SSSR count). The van der Waals surface area contributed by atoms with Gasteiger partial charge in [-0.05, 0) is 0 Å². The maximum absolute atomic E-state index is 9.34. The molecule has 0 aliphatic rings. The average Bonchev–Trinajstić information content (AvgIpc) is 1.68. The summed E-state index contributed by atoms with van der Waals surface area (Å²) in [6, 6.07) is 0. The minimum atomic E-state index is -3.84. The average molecular weight is 253 g/mol. The van der Waals surface area contributed by atoms with Crippen molar-refractivity contribution in [2.75, 3.05) is 0 Å². The van der Waals surface area contributed by atoms with Gasteiger partial charge < -0.3 is 0 Å². The second kappa shape index (κ2) is 8.65. The summed E-state index contributed by atoms with van der Waals surface area (Å²) in [6.45, 7) is 0. The molecule has 0 amide bonds. The van der Waals surface area contributed by atoms with Crippen LogP contribution >= 0.6 is 0 Å². The zero-order chi connectivity index (χ0) is 7.86. The van der Waals surface area contributed by atoms with Crippen LogP contribution in [0.3, 0.4) is 0 Å². The molecular weight excluding hydrogens is 253 g/mol. The standard InChI is InChI=1S/Mn.6O.2V. The number of hydrogen-bond acceptors (Lipinski definition) is 6. The van der Waals surface area contributed by atoms with E-state index >= 15 is 0 Å². The summed E-state index contributed by atoms with van der Waals surface area (Å²) in [5.74, 6) is 0. The van der Waals surface area contributed by atoms with Gasteiger partial charge in [-0.3, -0.25) is 0 Å². The van der Waals surface area contributed by atoms with E-state index in [1.807, 2.05) is 0 Å². The molecule has 0 saturated carbocycles. The van der Waals surface area contributed by atoms with E-state index in [4.69, 9.17) is 3.83 Å². The Bertz CT molecular complexity index is 151. The number of hydrogen-bond donors (Lipinski definition) is 0. The summed E-state index contributed by atoms with van der Waals surface area (Å²) in [7, 11) is 0. The Hall–Kier alpha value is 0.648. The first-order valence-corrected chi connectivity index (χ1v) is 5.15. The molecule has 9 heteroatoms. The van der Waals surface area contributed by atoms with Gasteiger partial charge in [0.1, 0.15) is 0 Å². The summed E-state index contributed by atoms with van der Waals surface area (Å²) in [4.78, 5) is 0. The predicted molar refractivity (Wildman–Crippen MR) is 4.52 cm³/mol. The van der Waals surface area contributed by atoms with E-state index in [9.17, 15) is 14.7 Å². The first kappa shape index (κ1) is 12.3. The third-order valence-electron chi connectivity index (χ3n) is 0.133. The number of rotatable bonds is 2. The van der Waals surface area contributed by atoms with Gasteiger partial charge in [0.05, 0.1) is 0 Å². The molecule has 0 aliphatic carbocycles. The molecule has 0 atom stereocenters. The van der Waals surface area contributed by atoms with Crippen molar-refractivity contribution in [1.82, 2.24) is 0 Å². The Morgan fingerprint density at radius 2 is 1.11 bits per heavy atom. The van der Waals surface area contributed by atoms with Crippen LogP contribution in [0, 0.1) is 0 Å². The third-order valence-corrected chi connectivity index (χ3v) is 2.27. The Morgan fingerprint density at radius 1 is 0.889 bits per heavy atom. The first-order valence-electron chi connectivity index (χ1n) is 1.25. The van der Waals surface area contributed by atoms with Crippen LogP contribution in [0.2, 0.25) is 0 Å². The van der Waals surface area contributed by atoms with Crippen LogP contribution in [0.15, 0.2) is 0 Å². The SMILES string of the molecule is [O]=[Mn].[O]=[V](=[O])[O][V](=[O])=[O]. The van der Waals surface area contributed by atoms with Gasteiger partial charge in [-0.2, -0.15) is 0 Å². The molecule has 0 fully saturated rings. The molecule has 0 aromatic carbocycles. The zero-order valence-corrected chi connectivity index (χ0v) is 7.70. The summed E-state index contributed by atoms with van der Waals surface area (Å²) < 4.78 is 48.8. The van der Waals surface area contributed by atoms with Gasteiger partial charge in [0.15, 0.2) is 0 Å². The van der Waals surface area contributed by atoms with Gasteiger partial charge >= 0.3 is 67.9 Å². The first-order chi connectivity index (χ1) is 4.13. The maximum atomic E-state index is 9.34. The molecule has 0 saturated heterocycles. The molecule has 0 aromatic rings. The molecule has 9 heavy (non-hydrogen) atoms. The van der Waals surface area contributed by atoms with Gasteiger partial charge in [0.25, 0.3) is 0 Å². The van der Waals surface area contributed by atoms with Crippen LogP contribution in [0.1, 0.15) is 0 Å². The van der Waals surface area contributed by atoms with E-state index in [0.29, 0.717) is 0 Å². The van der Waals surface area contributed by atoms with Crippen LogP contribution in [-0.2, 0) is 67.9 Å². The van der Waals surface area contributed by atoms with Crippen molar-refractivity contribution in [3.05, 3.63) is 0 Å². The quantitative estimate of drug-likeness (QED) is 0.605. The van der Waals surface area contributed by atoms with E-state index in [-0.39, 0.29) is 0 Å². The fourth-order valence-electron chi connectivity index (χ4n) is 0.0544. The zero-order valence-electron chi connectivity index (χ0n) is 3.72. The predicted octanol–water partition coefficient (Wildman–Crippen LogP) is -0.670. The molecule has 0 bridgehead atoms. The van der Waals surface area contributed by atoms with Crippen LogP contribution in [0.25, 0.3) is 0 Å².